The van der Waals surface area contributed by atoms with Gasteiger partial charge in [-0.25, -0.2) is 0 Å². The van der Waals surface area contributed by atoms with Gasteiger partial charge in [-0.3, -0.25) is 9.59 Å². The van der Waals surface area contributed by atoms with E-state index in [4.69, 9.17) is 18.9 Å². The Kier molecular flexibility index (Phi) is 10.5. The van der Waals surface area contributed by atoms with Crippen molar-refractivity contribution in [2.45, 2.75) is 56.1 Å². The van der Waals surface area contributed by atoms with E-state index in [1.165, 1.54) is 45.4 Å². The van der Waals surface area contributed by atoms with Gasteiger partial charge in [0.1, 0.15) is 31.0 Å². The maximum absolute atomic E-state index is 11.9. The second-order valence-corrected chi connectivity index (χ2v) is 8.40. The van der Waals surface area contributed by atoms with Crippen LogP contribution in [0.3, 0.4) is 0 Å². The van der Waals surface area contributed by atoms with Crippen molar-refractivity contribution < 1.29 is 63.9 Å². The monoisotopic (exact) mass is 516 g/mol. The number of methoxy groups -OCH3 is 2. The molecule has 1 saturated heterocycles. The van der Waals surface area contributed by atoms with Gasteiger partial charge in [-0.05, 0) is 30.7 Å². The molecule has 0 unspecified atom stereocenters. The Balaban J connectivity index is 2.02. The van der Waals surface area contributed by atoms with Gasteiger partial charge in [0.05, 0.1) is 39.3 Å². The largest absolute Gasteiger partial charge is 0.504 e. The third kappa shape index (κ3) is 7.78. The Bertz CT molecular complexity index is 927. The van der Waals surface area contributed by atoms with Crippen molar-refractivity contribution in [1.82, 2.24) is 0 Å². The summed E-state index contributed by atoms with van der Waals surface area (Å²) in [6.07, 6.45) is -5.48. The predicted molar refractivity (Wildman–Crippen MR) is 121 cm³/mol. The predicted octanol–water partition coefficient (Wildman–Crippen LogP) is -1.16. The van der Waals surface area contributed by atoms with Crippen LogP contribution >= 0.6 is 0 Å². The summed E-state index contributed by atoms with van der Waals surface area (Å²) < 4.78 is 25.5. The van der Waals surface area contributed by atoms with E-state index in [1.54, 1.807) is 0 Å². The SMILES string of the molecule is COC(=O)C[C@@](C)(O)CC(=O)OC/C=C/c1cc(O)c(O[C@@H]2O[C@H](CO)[C@@H](O)[C@H](O)[C@H]2O)c(OC)c1. The summed E-state index contributed by atoms with van der Waals surface area (Å²) >= 11 is 0. The van der Waals surface area contributed by atoms with Crippen LogP contribution in [0.1, 0.15) is 25.3 Å². The van der Waals surface area contributed by atoms with E-state index < -0.39 is 67.0 Å². The van der Waals surface area contributed by atoms with Gasteiger partial charge in [0.25, 0.3) is 0 Å². The van der Waals surface area contributed by atoms with E-state index in [0.29, 0.717) is 5.56 Å². The molecule has 0 radical (unpaired) electrons. The fourth-order valence-electron chi connectivity index (χ4n) is 3.39. The number of carbonyl (C=O) groups excluding carboxylic acids is 2. The molecule has 1 fully saturated rings. The van der Waals surface area contributed by atoms with Crippen molar-refractivity contribution in [3.05, 3.63) is 23.8 Å². The molecular formula is C23H32O13. The van der Waals surface area contributed by atoms with E-state index >= 15 is 0 Å². The van der Waals surface area contributed by atoms with Crippen molar-refractivity contribution in [1.29, 1.82) is 0 Å². The smallest absolute Gasteiger partial charge is 0.309 e. The standard InChI is InChI=1S/C23H32O13/c1-23(31,9-16(26)33-3)10-17(27)34-6-4-5-12-7-13(25)21(14(8-12)32-2)36-22-20(30)19(29)18(28)15(11-24)35-22/h4-5,7-8,15,18-20,22,24-25,28-31H,6,9-11H2,1-3H3/b5-4+/t15-,18-,19+,20-,22+,23-/m1/s1. The molecule has 6 N–H and O–H groups in total. The molecule has 0 saturated carbocycles. The van der Waals surface area contributed by atoms with Crippen LogP contribution in [0.2, 0.25) is 0 Å². The minimum Gasteiger partial charge on any atom is -0.504 e. The topological polar surface area (TPSA) is 202 Å². The lowest BCUT2D eigenvalue weighted by molar-refractivity contribution is -0.277. The fraction of sp³-hybridized carbons (Fsp3) is 0.565. The van der Waals surface area contributed by atoms with Gasteiger partial charge < -0.3 is 54.3 Å². The van der Waals surface area contributed by atoms with Gasteiger partial charge in [0, 0.05) is 0 Å². The van der Waals surface area contributed by atoms with Gasteiger partial charge >= 0.3 is 11.9 Å². The molecule has 0 aliphatic carbocycles. The zero-order chi connectivity index (χ0) is 27.0. The molecular weight excluding hydrogens is 484 g/mol. The number of aliphatic hydroxyl groups excluding tert-OH is 4. The average molecular weight is 516 g/mol. The van der Waals surface area contributed by atoms with Crippen LogP contribution in [0.25, 0.3) is 6.08 Å². The highest BCUT2D eigenvalue weighted by Crippen LogP contribution is 2.40. The lowest BCUT2D eigenvalue weighted by atomic mass is 9.98. The van der Waals surface area contributed by atoms with Gasteiger partial charge in [-0.1, -0.05) is 6.08 Å². The molecule has 0 spiro atoms. The summed E-state index contributed by atoms with van der Waals surface area (Å²) in [4.78, 5) is 23.2. The van der Waals surface area contributed by atoms with Crippen LogP contribution in [-0.4, -0.2) is 106 Å². The van der Waals surface area contributed by atoms with Gasteiger partial charge in [0.2, 0.25) is 12.0 Å². The molecule has 202 valence electrons. The Morgan fingerprint density at radius 3 is 2.36 bits per heavy atom. The molecule has 1 heterocycles. The molecule has 1 aliphatic rings. The summed E-state index contributed by atoms with van der Waals surface area (Å²) in [5, 5.41) is 59.8. The average Bonchev–Trinajstić information content (AvgIpc) is 2.82. The van der Waals surface area contributed by atoms with Gasteiger partial charge in [-0.2, -0.15) is 0 Å². The van der Waals surface area contributed by atoms with Crippen LogP contribution in [0.5, 0.6) is 17.2 Å². The van der Waals surface area contributed by atoms with Crippen LogP contribution < -0.4 is 9.47 Å². The van der Waals surface area contributed by atoms with Crippen molar-refractivity contribution >= 4 is 18.0 Å². The lowest BCUT2D eigenvalue weighted by Gasteiger charge is -2.39. The minimum absolute atomic E-state index is 0.0301. The number of phenols is 1. The van der Waals surface area contributed by atoms with Crippen LogP contribution in [0.4, 0.5) is 0 Å². The molecule has 1 aromatic carbocycles. The number of aliphatic hydroxyl groups is 5. The summed E-state index contributed by atoms with van der Waals surface area (Å²) in [5.41, 5.74) is -1.21. The molecule has 2 rings (SSSR count). The summed E-state index contributed by atoms with van der Waals surface area (Å²) in [6.45, 7) is 0.494. The first-order chi connectivity index (χ1) is 16.9. The second-order valence-electron chi connectivity index (χ2n) is 8.40. The number of aromatic hydroxyl groups is 1. The molecule has 36 heavy (non-hydrogen) atoms. The highest BCUT2D eigenvalue weighted by molar-refractivity contribution is 5.75. The van der Waals surface area contributed by atoms with E-state index in [9.17, 15) is 40.2 Å². The third-order valence-electron chi connectivity index (χ3n) is 5.29. The number of hydrogen-bond acceptors (Lipinski definition) is 13. The van der Waals surface area contributed by atoms with E-state index in [2.05, 4.69) is 4.74 Å². The number of ether oxygens (including phenoxy) is 5. The number of esters is 2. The van der Waals surface area contributed by atoms with Gasteiger partial charge in [0.15, 0.2) is 11.5 Å². The lowest BCUT2D eigenvalue weighted by Crippen LogP contribution is -2.60. The van der Waals surface area contributed by atoms with Crippen molar-refractivity contribution in [3.63, 3.8) is 0 Å². The maximum Gasteiger partial charge on any atom is 0.309 e. The van der Waals surface area contributed by atoms with Gasteiger partial charge in [-0.15, -0.1) is 0 Å². The normalized spacial score (nSPS) is 25.7. The zero-order valence-electron chi connectivity index (χ0n) is 20.1. The number of hydrogen-bond donors (Lipinski definition) is 6. The number of phenolic OH excluding ortho intramolecular Hbond substituents is 1. The van der Waals surface area contributed by atoms with Crippen LogP contribution in [-0.2, 0) is 23.8 Å². The van der Waals surface area contributed by atoms with E-state index in [0.717, 1.165) is 0 Å². The molecule has 6 atom stereocenters. The first-order valence-corrected chi connectivity index (χ1v) is 10.9. The molecule has 13 heteroatoms. The summed E-state index contributed by atoms with van der Waals surface area (Å²) in [6, 6.07) is 2.74. The third-order valence-corrected chi connectivity index (χ3v) is 5.29. The van der Waals surface area contributed by atoms with Crippen LogP contribution in [0, 0.1) is 0 Å². The number of rotatable bonds is 11. The number of benzene rings is 1. The summed E-state index contributed by atoms with van der Waals surface area (Å²) in [7, 11) is 2.47. The quantitative estimate of drug-likeness (QED) is 0.192. The minimum atomic E-state index is -1.69. The van der Waals surface area contributed by atoms with Crippen molar-refractivity contribution in [2.24, 2.45) is 0 Å². The molecule has 1 aromatic rings. The molecule has 1 aliphatic heterocycles. The Labute approximate surface area is 207 Å². The molecule has 0 bridgehead atoms. The highest BCUT2D eigenvalue weighted by Gasteiger charge is 2.45. The van der Waals surface area contributed by atoms with Crippen molar-refractivity contribution in [2.75, 3.05) is 27.4 Å². The molecule has 13 nitrogen and oxygen atoms in total. The van der Waals surface area contributed by atoms with Crippen LogP contribution in [0.15, 0.2) is 18.2 Å². The van der Waals surface area contributed by atoms with E-state index in [1.807, 2.05) is 0 Å². The fourth-order valence-corrected chi connectivity index (χ4v) is 3.39. The zero-order valence-corrected chi connectivity index (χ0v) is 20.1. The highest BCUT2D eigenvalue weighted by atomic mass is 16.7. The Morgan fingerprint density at radius 2 is 1.75 bits per heavy atom. The first-order valence-electron chi connectivity index (χ1n) is 10.9. The summed E-state index contributed by atoms with van der Waals surface area (Å²) in [5.74, 6) is -2.01. The molecule has 0 amide bonds. The maximum atomic E-state index is 11.9. The Morgan fingerprint density at radius 1 is 1.08 bits per heavy atom. The molecule has 0 aromatic heterocycles. The first kappa shape index (κ1) is 29.3. The van der Waals surface area contributed by atoms with E-state index in [-0.39, 0.29) is 24.5 Å². The van der Waals surface area contributed by atoms with Crippen molar-refractivity contribution in [3.8, 4) is 17.2 Å². The second kappa shape index (κ2) is 12.9. The Hall–Kier alpha value is -2.94. The number of carbonyl (C=O) groups is 2.